The van der Waals surface area contributed by atoms with Crippen LogP contribution in [0.3, 0.4) is 0 Å². The lowest BCUT2D eigenvalue weighted by Gasteiger charge is -2.18. The number of nitrogens with zero attached hydrogens (tertiary/aromatic N) is 2. The van der Waals surface area contributed by atoms with Crippen LogP contribution in [0.15, 0.2) is 71.3 Å². The molecule has 2 aromatic carbocycles. The molecule has 0 radical (unpaired) electrons. The summed E-state index contributed by atoms with van der Waals surface area (Å²) in [5.41, 5.74) is 3.30. The van der Waals surface area contributed by atoms with Gasteiger partial charge in [0.2, 0.25) is 5.89 Å². The van der Waals surface area contributed by atoms with Gasteiger partial charge in [-0.05, 0) is 24.2 Å². The Balaban J connectivity index is 1.68. The molecule has 1 heterocycles. The van der Waals surface area contributed by atoms with Gasteiger partial charge < -0.3 is 4.42 Å². The highest BCUT2D eigenvalue weighted by atomic mass is 16.3. The van der Waals surface area contributed by atoms with Crippen molar-refractivity contribution in [1.29, 1.82) is 0 Å². The maximum Gasteiger partial charge on any atom is 0.226 e. The lowest BCUT2D eigenvalue weighted by molar-refractivity contribution is 0.268. The van der Waals surface area contributed by atoms with E-state index in [-0.39, 0.29) is 0 Å². The second-order valence-electron chi connectivity index (χ2n) is 5.30. The Morgan fingerprint density at radius 2 is 1.59 bits per heavy atom. The van der Waals surface area contributed by atoms with Crippen LogP contribution in [0.4, 0.5) is 0 Å². The molecule has 0 aliphatic rings. The van der Waals surface area contributed by atoms with E-state index in [0.29, 0.717) is 5.89 Å². The largest absolute Gasteiger partial charge is 0.444 e. The standard InChI is InChI=1S/C19H20N2O/c1-2-21(13-16-9-5-3-6-10-16)14-18-15-22-19(20-18)17-11-7-4-8-12-17/h3-12,15H,2,13-14H2,1H3. The van der Waals surface area contributed by atoms with Gasteiger partial charge in [-0.3, -0.25) is 4.90 Å². The number of benzene rings is 2. The molecule has 0 aliphatic carbocycles. The lowest BCUT2D eigenvalue weighted by Crippen LogP contribution is -2.22. The Kier molecular flexibility index (Phi) is 4.66. The molecule has 0 aliphatic heterocycles. The maximum atomic E-state index is 5.61. The average molecular weight is 292 g/mol. The number of hydrogen-bond acceptors (Lipinski definition) is 3. The normalized spacial score (nSPS) is 11.0. The van der Waals surface area contributed by atoms with Gasteiger partial charge in [-0.15, -0.1) is 0 Å². The first-order chi connectivity index (χ1) is 10.8. The van der Waals surface area contributed by atoms with E-state index in [0.717, 1.165) is 30.9 Å². The summed E-state index contributed by atoms with van der Waals surface area (Å²) in [6.07, 6.45) is 1.76. The summed E-state index contributed by atoms with van der Waals surface area (Å²) in [7, 11) is 0. The third kappa shape index (κ3) is 3.62. The van der Waals surface area contributed by atoms with E-state index in [1.165, 1.54) is 5.56 Å². The van der Waals surface area contributed by atoms with Crippen molar-refractivity contribution in [3.05, 3.63) is 78.2 Å². The summed E-state index contributed by atoms with van der Waals surface area (Å²) in [6.45, 7) is 4.86. The van der Waals surface area contributed by atoms with Crippen molar-refractivity contribution in [2.45, 2.75) is 20.0 Å². The molecule has 112 valence electrons. The van der Waals surface area contributed by atoms with Crippen LogP contribution in [0.5, 0.6) is 0 Å². The summed E-state index contributed by atoms with van der Waals surface area (Å²) in [4.78, 5) is 6.95. The Morgan fingerprint density at radius 3 is 2.27 bits per heavy atom. The molecule has 3 aromatic rings. The molecule has 0 bridgehead atoms. The Morgan fingerprint density at radius 1 is 0.909 bits per heavy atom. The van der Waals surface area contributed by atoms with Gasteiger partial charge in [-0.1, -0.05) is 55.5 Å². The van der Waals surface area contributed by atoms with E-state index >= 15 is 0 Å². The van der Waals surface area contributed by atoms with Gasteiger partial charge in [0, 0.05) is 18.7 Å². The minimum absolute atomic E-state index is 0.686. The Bertz CT molecular complexity index is 692. The fraction of sp³-hybridized carbons (Fsp3) is 0.211. The minimum atomic E-state index is 0.686. The van der Waals surface area contributed by atoms with E-state index in [2.05, 4.69) is 41.1 Å². The zero-order valence-corrected chi connectivity index (χ0v) is 12.8. The van der Waals surface area contributed by atoms with Gasteiger partial charge >= 0.3 is 0 Å². The summed E-state index contributed by atoms with van der Waals surface area (Å²) in [6, 6.07) is 20.5. The first kappa shape index (κ1) is 14.5. The molecule has 3 rings (SSSR count). The first-order valence-electron chi connectivity index (χ1n) is 7.61. The second-order valence-corrected chi connectivity index (χ2v) is 5.30. The zero-order chi connectivity index (χ0) is 15.2. The van der Waals surface area contributed by atoms with Crippen LogP contribution in [0, 0.1) is 0 Å². The van der Waals surface area contributed by atoms with Crippen molar-refractivity contribution < 1.29 is 4.42 Å². The molecule has 0 saturated heterocycles. The number of oxazole rings is 1. The van der Waals surface area contributed by atoms with Crippen LogP contribution in [0.1, 0.15) is 18.2 Å². The van der Waals surface area contributed by atoms with Gasteiger partial charge in [0.1, 0.15) is 6.26 Å². The van der Waals surface area contributed by atoms with Crippen molar-refractivity contribution in [3.63, 3.8) is 0 Å². The minimum Gasteiger partial charge on any atom is -0.444 e. The topological polar surface area (TPSA) is 29.3 Å². The predicted molar refractivity (Wildman–Crippen MR) is 88.2 cm³/mol. The Hall–Kier alpha value is -2.39. The summed E-state index contributed by atoms with van der Waals surface area (Å²) in [5, 5.41) is 0. The predicted octanol–water partition coefficient (Wildman–Crippen LogP) is 4.36. The molecule has 0 spiro atoms. The number of rotatable bonds is 6. The molecule has 0 atom stereocenters. The fourth-order valence-electron chi connectivity index (χ4n) is 2.44. The second kappa shape index (κ2) is 7.05. The maximum absolute atomic E-state index is 5.61. The van der Waals surface area contributed by atoms with Crippen molar-refractivity contribution in [1.82, 2.24) is 9.88 Å². The molecule has 0 N–H and O–H groups in total. The quantitative estimate of drug-likeness (QED) is 0.676. The average Bonchev–Trinajstić information content (AvgIpc) is 3.04. The van der Waals surface area contributed by atoms with Gasteiger partial charge in [-0.2, -0.15) is 0 Å². The molecule has 0 amide bonds. The van der Waals surface area contributed by atoms with E-state index in [1.54, 1.807) is 6.26 Å². The molecular weight excluding hydrogens is 272 g/mol. The SMILES string of the molecule is CCN(Cc1ccccc1)Cc1coc(-c2ccccc2)n1. The van der Waals surface area contributed by atoms with Crippen LogP contribution in [-0.2, 0) is 13.1 Å². The summed E-state index contributed by atoms with van der Waals surface area (Å²) in [5.74, 6) is 0.686. The van der Waals surface area contributed by atoms with E-state index < -0.39 is 0 Å². The summed E-state index contributed by atoms with van der Waals surface area (Å²) >= 11 is 0. The third-order valence-electron chi connectivity index (χ3n) is 3.65. The zero-order valence-electron chi connectivity index (χ0n) is 12.8. The molecular formula is C19H20N2O. The number of hydrogen-bond donors (Lipinski definition) is 0. The highest BCUT2D eigenvalue weighted by Crippen LogP contribution is 2.19. The molecule has 22 heavy (non-hydrogen) atoms. The van der Waals surface area contributed by atoms with E-state index in [1.807, 2.05) is 36.4 Å². The lowest BCUT2D eigenvalue weighted by atomic mass is 10.2. The van der Waals surface area contributed by atoms with Crippen molar-refractivity contribution in [2.75, 3.05) is 6.54 Å². The smallest absolute Gasteiger partial charge is 0.226 e. The Labute approximate surface area is 131 Å². The van der Waals surface area contributed by atoms with Crippen LogP contribution in [0.25, 0.3) is 11.5 Å². The fourth-order valence-corrected chi connectivity index (χ4v) is 2.44. The molecule has 1 aromatic heterocycles. The van der Waals surface area contributed by atoms with Crippen LogP contribution >= 0.6 is 0 Å². The third-order valence-corrected chi connectivity index (χ3v) is 3.65. The van der Waals surface area contributed by atoms with Gasteiger partial charge in [0.15, 0.2) is 0 Å². The first-order valence-corrected chi connectivity index (χ1v) is 7.61. The monoisotopic (exact) mass is 292 g/mol. The van der Waals surface area contributed by atoms with Crippen LogP contribution in [0.2, 0.25) is 0 Å². The number of aromatic nitrogens is 1. The van der Waals surface area contributed by atoms with Crippen molar-refractivity contribution in [2.24, 2.45) is 0 Å². The molecule has 0 saturated carbocycles. The molecule has 3 heteroatoms. The van der Waals surface area contributed by atoms with Crippen LogP contribution < -0.4 is 0 Å². The molecule has 0 fully saturated rings. The van der Waals surface area contributed by atoms with E-state index in [4.69, 9.17) is 4.42 Å². The highest BCUT2D eigenvalue weighted by molar-refractivity contribution is 5.52. The van der Waals surface area contributed by atoms with Crippen molar-refractivity contribution in [3.8, 4) is 11.5 Å². The molecule has 3 nitrogen and oxygen atoms in total. The van der Waals surface area contributed by atoms with Crippen LogP contribution in [-0.4, -0.2) is 16.4 Å². The van der Waals surface area contributed by atoms with Crippen molar-refractivity contribution >= 4 is 0 Å². The highest BCUT2D eigenvalue weighted by Gasteiger charge is 2.10. The molecule has 0 unspecified atom stereocenters. The van der Waals surface area contributed by atoms with Gasteiger partial charge in [-0.25, -0.2) is 4.98 Å². The summed E-state index contributed by atoms with van der Waals surface area (Å²) < 4.78 is 5.61. The van der Waals surface area contributed by atoms with Gasteiger partial charge in [0.25, 0.3) is 0 Å². The van der Waals surface area contributed by atoms with Gasteiger partial charge in [0.05, 0.1) is 5.69 Å². The van der Waals surface area contributed by atoms with E-state index in [9.17, 15) is 0 Å².